The van der Waals surface area contributed by atoms with Crippen LogP contribution in [0.3, 0.4) is 0 Å². The van der Waals surface area contributed by atoms with Crippen LogP contribution in [0.4, 0.5) is 0 Å². The minimum absolute atomic E-state index is 0.808. The Morgan fingerprint density at radius 1 is 0.321 bits per heavy atom. The van der Waals surface area contributed by atoms with Crippen molar-refractivity contribution in [2.24, 2.45) is 0 Å². The molecule has 248 valence electrons. The lowest BCUT2D eigenvalue weighted by molar-refractivity contribution is 0.673. The van der Waals surface area contributed by atoms with E-state index in [0.717, 1.165) is 77.7 Å². The molecular formula is C49H31N3O. The third kappa shape index (κ3) is 5.54. The van der Waals surface area contributed by atoms with Gasteiger partial charge in [0.25, 0.3) is 0 Å². The predicted molar refractivity (Wildman–Crippen MR) is 217 cm³/mol. The van der Waals surface area contributed by atoms with E-state index in [4.69, 9.17) is 9.40 Å². The van der Waals surface area contributed by atoms with E-state index in [2.05, 4.69) is 149 Å². The molecule has 10 rings (SSSR count). The molecule has 0 fully saturated rings. The van der Waals surface area contributed by atoms with Crippen LogP contribution >= 0.6 is 0 Å². The van der Waals surface area contributed by atoms with Crippen molar-refractivity contribution in [3.8, 4) is 67.3 Å². The van der Waals surface area contributed by atoms with Gasteiger partial charge in [0.2, 0.25) is 0 Å². The Balaban J connectivity index is 1.08. The largest absolute Gasteiger partial charge is 0.455 e. The Morgan fingerprint density at radius 2 is 0.887 bits per heavy atom. The van der Waals surface area contributed by atoms with Crippen LogP contribution < -0.4 is 0 Å². The van der Waals surface area contributed by atoms with E-state index in [-0.39, 0.29) is 0 Å². The zero-order chi connectivity index (χ0) is 35.1. The van der Waals surface area contributed by atoms with Gasteiger partial charge in [0.15, 0.2) is 0 Å². The summed E-state index contributed by atoms with van der Waals surface area (Å²) in [5.41, 5.74) is 14.2. The molecule has 0 amide bonds. The van der Waals surface area contributed by atoms with Crippen LogP contribution in [0, 0.1) is 0 Å². The number of hydrogen-bond acceptors (Lipinski definition) is 4. The van der Waals surface area contributed by atoms with Crippen LogP contribution in [-0.2, 0) is 0 Å². The van der Waals surface area contributed by atoms with E-state index >= 15 is 0 Å². The van der Waals surface area contributed by atoms with E-state index < -0.39 is 0 Å². The summed E-state index contributed by atoms with van der Waals surface area (Å²) in [4.78, 5) is 14.1. The van der Waals surface area contributed by atoms with Gasteiger partial charge in [0, 0.05) is 28.6 Å². The summed E-state index contributed by atoms with van der Waals surface area (Å²) >= 11 is 0. The quantitative estimate of drug-likeness (QED) is 0.176. The second-order valence-electron chi connectivity index (χ2n) is 13.2. The van der Waals surface area contributed by atoms with Gasteiger partial charge < -0.3 is 4.42 Å². The second kappa shape index (κ2) is 12.9. The van der Waals surface area contributed by atoms with Gasteiger partial charge in [-0.1, -0.05) is 121 Å². The first-order valence-corrected chi connectivity index (χ1v) is 17.8. The van der Waals surface area contributed by atoms with Crippen molar-refractivity contribution < 1.29 is 4.42 Å². The highest BCUT2D eigenvalue weighted by atomic mass is 16.3. The van der Waals surface area contributed by atoms with Gasteiger partial charge in [-0.2, -0.15) is 0 Å². The minimum Gasteiger partial charge on any atom is -0.455 e. The Morgan fingerprint density at radius 3 is 1.57 bits per heavy atom. The third-order valence-corrected chi connectivity index (χ3v) is 10.0. The summed E-state index contributed by atoms with van der Waals surface area (Å²) in [7, 11) is 0. The van der Waals surface area contributed by atoms with E-state index in [9.17, 15) is 0 Å². The summed E-state index contributed by atoms with van der Waals surface area (Å²) in [5.74, 6) is 0. The lowest BCUT2D eigenvalue weighted by Gasteiger charge is -2.11. The molecule has 4 heteroatoms. The Bertz CT molecular complexity index is 2860. The first-order chi connectivity index (χ1) is 26.3. The van der Waals surface area contributed by atoms with Crippen molar-refractivity contribution in [2.75, 3.05) is 0 Å². The lowest BCUT2D eigenvalue weighted by atomic mass is 9.92. The van der Waals surface area contributed by atoms with Crippen LogP contribution in [-0.4, -0.2) is 15.0 Å². The van der Waals surface area contributed by atoms with E-state index in [1.807, 2.05) is 36.4 Å². The SMILES string of the molecule is c1ccc(-c2ccccc2-c2ccc3c(c2)oc2c4ccccc4c(-c4ccc(-c5cc(-c6ccccn6)nc(-c6ccccn6)c5)cc4)cc32)cc1. The number of fused-ring (bicyclic) bond motifs is 5. The summed E-state index contributed by atoms with van der Waals surface area (Å²) in [6.45, 7) is 0. The molecule has 0 aliphatic heterocycles. The highest BCUT2D eigenvalue weighted by molar-refractivity contribution is 6.19. The molecule has 0 radical (unpaired) electrons. The zero-order valence-electron chi connectivity index (χ0n) is 28.6. The van der Waals surface area contributed by atoms with Gasteiger partial charge in [0.1, 0.15) is 11.2 Å². The molecule has 4 heterocycles. The Kier molecular flexibility index (Phi) is 7.43. The highest BCUT2D eigenvalue weighted by Crippen LogP contribution is 2.42. The van der Waals surface area contributed by atoms with Gasteiger partial charge >= 0.3 is 0 Å². The van der Waals surface area contributed by atoms with Crippen molar-refractivity contribution in [1.29, 1.82) is 0 Å². The average Bonchev–Trinajstić information content (AvgIpc) is 3.62. The maximum atomic E-state index is 6.72. The molecule has 4 aromatic heterocycles. The smallest absolute Gasteiger partial charge is 0.143 e. The number of benzene rings is 6. The molecule has 0 N–H and O–H groups in total. The molecule has 0 unspecified atom stereocenters. The number of pyridine rings is 3. The van der Waals surface area contributed by atoms with Gasteiger partial charge in [-0.15, -0.1) is 0 Å². The maximum Gasteiger partial charge on any atom is 0.143 e. The first-order valence-electron chi connectivity index (χ1n) is 17.8. The number of nitrogens with zero attached hydrogens (tertiary/aromatic N) is 3. The monoisotopic (exact) mass is 677 g/mol. The topological polar surface area (TPSA) is 51.8 Å². The van der Waals surface area contributed by atoms with Gasteiger partial charge in [0.05, 0.1) is 22.8 Å². The molecule has 4 nitrogen and oxygen atoms in total. The molecule has 0 bridgehead atoms. The number of hydrogen-bond donors (Lipinski definition) is 0. The fourth-order valence-electron chi connectivity index (χ4n) is 7.44. The van der Waals surface area contributed by atoms with Crippen molar-refractivity contribution in [1.82, 2.24) is 15.0 Å². The lowest BCUT2D eigenvalue weighted by Crippen LogP contribution is -1.94. The standard InChI is InChI=1S/C49H31N3O/c1-2-12-33(13-3-1)37-14-4-5-15-38(37)35-24-25-40-43-31-42(39-16-6-7-17-41(39)49(43)53-48(40)30-35)34-22-20-32(21-23-34)36-28-46(44-18-8-10-26-50-44)52-47(29-36)45-19-9-11-27-51-45/h1-31H. The highest BCUT2D eigenvalue weighted by Gasteiger charge is 2.17. The molecule has 0 aliphatic carbocycles. The molecule has 53 heavy (non-hydrogen) atoms. The molecular weight excluding hydrogens is 647 g/mol. The Labute approximate surface area is 306 Å². The second-order valence-corrected chi connectivity index (χ2v) is 13.2. The number of aromatic nitrogens is 3. The molecule has 10 aromatic rings. The minimum atomic E-state index is 0.808. The number of rotatable bonds is 6. The van der Waals surface area contributed by atoms with Crippen LogP contribution in [0.1, 0.15) is 0 Å². The van der Waals surface area contributed by atoms with Crippen LogP contribution in [0.15, 0.2) is 193 Å². The zero-order valence-corrected chi connectivity index (χ0v) is 28.6. The Hall–Kier alpha value is -7.17. The van der Waals surface area contributed by atoms with Crippen molar-refractivity contribution in [3.05, 3.63) is 188 Å². The molecule has 0 atom stereocenters. The van der Waals surface area contributed by atoms with Gasteiger partial charge in [-0.3, -0.25) is 9.97 Å². The molecule has 0 spiro atoms. The summed E-state index contributed by atoms with van der Waals surface area (Å²) in [6, 6.07) is 61.4. The van der Waals surface area contributed by atoms with Crippen LogP contribution in [0.2, 0.25) is 0 Å². The molecule has 0 aliphatic rings. The van der Waals surface area contributed by atoms with Crippen LogP contribution in [0.25, 0.3) is 100.0 Å². The third-order valence-electron chi connectivity index (χ3n) is 10.0. The van der Waals surface area contributed by atoms with E-state index in [1.165, 1.54) is 22.3 Å². The van der Waals surface area contributed by atoms with Gasteiger partial charge in [-0.25, -0.2) is 4.98 Å². The molecule has 6 aromatic carbocycles. The predicted octanol–water partition coefficient (Wildman–Crippen LogP) is 12.9. The summed E-state index contributed by atoms with van der Waals surface area (Å²) in [5, 5.41) is 4.46. The van der Waals surface area contributed by atoms with E-state index in [1.54, 1.807) is 12.4 Å². The maximum absolute atomic E-state index is 6.72. The summed E-state index contributed by atoms with van der Waals surface area (Å²) < 4.78 is 6.72. The molecule has 0 saturated heterocycles. The van der Waals surface area contributed by atoms with Crippen molar-refractivity contribution in [3.63, 3.8) is 0 Å². The van der Waals surface area contributed by atoms with Crippen molar-refractivity contribution in [2.45, 2.75) is 0 Å². The number of furan rings is 1. The first kappa shape index (κ1) is 30.6. The average molecular weight is 678 g/mol. The molecule has 0 saturated carbocycles. The fraction of sp³-hybridized carbons (Fsp3) is 0. The van der Waals surface area contributed by atoms with E-state index in [0.29, 0.717) is 0 Å². The van der Waals surface area contributed by atoms with Crippen LogP contribution in [0.5, 0.6) is 0 Å². The fourth-order valence-corrected chi connectivity index (χ4v) is 7.44. The van der Waals surface area contributed by atoms with Gasteiger partial charge in [-0.05, 0) is 104 Å². The van der Waals surface area contributed by atoms with Crippen molar-refractivity contribution >= 4 is 32.7 Å². The normalized spacial score (nSPS) is 11.4. The summed E-state index contributed by atoms with van der Waals surface area (Å²) in [6.07, 6.45) is 3.60.